The molecule has 0 aliphatic carbocycles. The van der Waals surface area contributed by atoms with Crippen LogP contribution in [0.5, 0.6) is 0 Å². The van der Waals surface area contributed by atoms with Crippen LogP contribution >= 0.6 is 0 Å². The number of nitrogens with zero attached hydrogens (tertiary/aromatic N) is 2. The van der Waals surface area contributed by atoms with Gasteiger partial charge in [-0.05, 0) is 4.98 Å². The molecule has 0 bridgehead atoms. The lowest BCUT2D eigenvalue weighted by Crippen LogP contribution is -2.38. The van der Waals surface area contributed by atoms with Gasteiger partial charge >= 0.3 is 0 Å². The Morgan fingerprint density at radius 1 is 0.750 bits per heavy atom. The lowest BCUT2D eigenvalue weighted by atomic mass is 10.0. The highest BCUT2D eigenvalue weighted by Crippen LogP contribution is 2.36. The first-order valence-electron chi connectivity index (χ1n) is 7.04. The predicted octanol–water partition coefficient (Wildman–Crippen LogP) is 3.92. The minimum Gasteiger partial charge on any atom is -0.234 e. The van der Waals surface area contributed by atoms with Gasteiger partial charge in [0.05, 0.1) is 17.8 Å². The smallest absolute Gasteiger partial charge is 0.234 e. The molecule has 0 amide bonds. The third-order valence-corrected chi connectivity index (χ3v) is 4.16. The SMILES string of the molecule is CCc1c2c(F)c3c(F)c(F)c(F)c(F)c3c(F)c2nc(C)[n+]1C. The number of hydrogen-bond acceptors (Lipinski definition) is 1. The van der Waals surface area contributed by atoms with Crippen molar-refractivity contribution in [3.8, 4) is 0 Å². The maximum Gasteiger partial charge on any atom is 0.296 e. The van der Waals surface area contributed by atoms with Gasteiger partial charge in [-0.25, -0.2) is 30.9 Å². The Kier molecular flexibility index (Phi) is 3.65. The van der Waals surface area contributed by atoms with Crippen molar-refractivity contribution in [2.24, 2.45) is 7.05 Å². The lowest BCUT2D eigenvalue weighted by molar-refractivity contribution is -0.686. The van der Waals surface area contributed by atoms with E-state index < -0.39 is 51.2 Å². The summed E-state index contributed by atoms with van der Waals surface area (Å²) in [5.41, 5.74) is -0.294. The Labute approximate surface area is 132 Å². The number of hydrogen-bond donors (Lipinski definition) is 0. The van der Waals surface area contributed by atoms with E-state index in [-0.39, 0.29) is 17.5 Å². The van der Waals surface area contributed by atoms with Crippen LogP contribution in [0.3, 0.4) is 0 Å². The minimum atomic E-state index is -2.20. The summed E-state index contributed by atoms with van der Waals surface area (Å²) in [4.78, 5) is 3.86. The van der Waals surface area contributed by atoms with E-state index in [1.165, 1.54) is 11.5 Å². The molecule has 0 fully saturated rings. The molecule has 0 spiro atoms. The summed E-state index contributed by atoms with van der Waals surface area (Å²) in [6, 6.07) is 0. The number of benzene rings is 2. The van der Waals surface area contributed by atoms with Crippen LogP contribution in [-0.2, 0) is 13.5 Å². The fraction of sp³-hybridized carbons (Fsp3) is 0.250. The Morgan fingerprint density at radius 2 is 1.25 bits per heavy atom. The van der Waals surface area contributed by atoms with E-state index in [9.17, 15) is 26.3 Å². The van der Waals surface area contributed by atoms with E-state index in [0.717, 1.165) is 0 Å². The number of aromatic nitrogens is 2. The second-order valence-electron chi connectivity index (χ2n) is 5.38. The average molecular weight is 345 g/mol. The molecule has 3 rings (SSSR count). The zero-order valence-corrected chi connectivity index (χ0v) is 12.9. The van der Waals surface area contributed by atoms with Gasteiger partial charge in [-0.3, -0.25) is 0 Å². The van der Waals surface area contributed by atoms with Crippen LogP contribution in [-0.4, -0.2) is 4.98 Å². The summed E-state index contributed by atoms with van der Waals surface area (Å²) in [7, 11) is 1.55. The number of halogens is 6. The van der Waals surface area contributed by atoms with Crippen LogP contribution in [0, 0.1) is 41.8 Å². The summed E-state index contributed by atoms with van der Waals surface area (Å²) >= 11 is 0. The first-order valence-corrected chi connectivity index (χ1v) is 7.04. The van der Waals surface area contributed by atoms with Crippen molar-refractivity contribution in [2.75, 3.05) is 0 Å². The zero-order chi connectivity index (χ0) is 17.9. The molecular formula is C16H11F6N2+. The van der Waals surface area contributed by atoms with Crippen molar-refractivity contribution in [2.45, 2.75) is 20.3 Å². The summed E-state index contributed by atoms with van der Waals surface area (Å²) in [6.45, 7) is 3.17. The highest BCUT2D eigenvalue weighted by Gasteiger charge is 2.32. The Morgan fingerprint density at radius 3 is 1.75 bits per heavy atom. The van der Waals surface area contributed by atoms with E-state index in [1.54, 1.807) is 14.0 Å². The standard InChI is InChI=1S/C16H11F6N2/c1-4-6-7-10(17)8-9(12(19)15(22)14(21)11(8)18)13(20)16(7)23-5(2)24(6)3/h4H2,1-3H3/q+1. The van der Waals surface area contributed by atoms with Gasteiger partial charge in [0.1, 0.15) is 16.9 Å². The van der Waals surface area contributed by atoms with E-state index in [2.05, 4.69) is 4.98 Å². The molecule has 1 heterocycles. The molecule has 0 N–H and O–H groups in total. The number of fused-ring (bicyclic) bond motifs is 2. The average Bonchev–Trinajstić information content (AvgIpc) is 2.55. The minimum absolute atomic E-state index is 0.228. The third-order valence-electron chi connectivity index (χ3n) is 4.16. The fourth-order valence-corrected chi connectivity index (χ4v) is 2.88. The molecule has 8 heteroatoms. The molecule has 2 aromatic carbocycles. The maximum absolute atomic E-state index is 14.8. The second kappa shape index (κ2) is 5.32. The van der Waals surface area contributed by atoms with Gasteiger partial charge < -0.3 is 0 Å². The summed E-state index contributed by atoms with van der Waals surface area (Å²) < 4.78 is 85.8. The highest BCUT2D eigenvalue weighted by atomic mass is 19.2. The van der Waals surface area contributed by atoms with Crippen molar-refractivity contribution < 1.29 is 30.9 Å². The first kappa shape index (κ1) is 16.5. The molecule has 0 unspecified atom stereocenters. The molecule has 0 atom stereocenters. The van der Waals surface area contributed by atoms with E-state index in [0.29, 0.717) is 5.82 Å². The van der Waals surface area contributed by atoms with Gasteiger partial charge in [0.2, 0.25) is 5.52 Å². The van der Waals surface area contributed by atoms with Crippen molar-refractivity contribution in [3.63, 3.8) is 0 Å². The zero-order valence-electron chi connectivity index (χ0n) is 12.9. The van der Waals surface area contributed by atoms with Crippen molar-refractivity contribution in [1.82, 2.24) is 4.98 Å². The van der Waals surface area contributed by atoms with Gasteiger partial charge in [0.25, 0.3) is 5.82 Å². The van der Waals surface area contributed by atoms with Crippen LogP contribution in [0.1, 0.15) is 18.4 Å². The van der Waals surface area contributed by atoms with Gasteiger partial charge in [-0.2, -0.15) is 0 Å². The third kappa shape index (κ3) is 1.91. The molecular weight excluding hydrogens is 334 g/mol. The van der Waals surface area contributed by atoms with Crippen LogP contribution in [0.15, 0.2) is 0 Å². The number of aryl methyl sites for hydroxylation is 2. The monoisotopic (exact) mass is 345 g/mol. The molecule has 3 aromatic rings. The maximum atomic E-state index is 14.8. The quantitative estimate of drug-likeness (QED) is 0.215. The molecule has 0 saturated carbocycles. The fourth-order valence-electron chi connectivity index (χ4n) is 2.88. The molecule has 0 radical (unpaired) electrons. The van der Waals surface area contributed by atoms with Crippen molar-refractivity contribution >= 4 is 21.7 Å². The lowest BCUT2D eigenvalue weighted by Gasteiger charge is -2.11. The Hall–Kier alpha value is -2.38. The van der Waals surface area contributed by atoms with E-state index in [4.69, 9.17) is 0 Å². The molecule has 1 aromatic heterocycles. The van der Waals surface area contributed by atoms with Crippen molar-refractivity contribution in [1.29, 1.82) is 0 Å². The van der Waals surface area contributed by atoms with Crippen LogP contribution < -0.4 is 4.57 Å². The van der Waals surface area contributed by atoms with Crippen LogP contribution in [0.4, 0.5) is 26.3 Å². The van der Waals surface area contributed by atoms with Crippen LogP contribution in [0.25, 0.3) is 21.7 Å². The topological polar surface area (TPSA) is 16.8 Å². The molecule has 0 aliphatic heterocycles. The van der Waals surface area contributed by atoms with Gasteiger partial charge in [0, 0.05) is 13.3 Å². The van der Waals surface area contributed by atoms with E-state index >= 15 is 0 Å². The molecule has 24 heavy (non-hydrogen) atoms. The molecule has 126 valence electrons. The summed E-state index contributed by atoms with van der Waals surface area (Å²) in [5.74, 6) is -10.9. The Bertz CT molecular complexity index is 1030. The molecule has 0 saturated heterocycles. The number of rotatable bonds is 1. The highest BCUT2D eigenvalue weighted by molar-refractivity contribution is 5.99. The normalized spacial score (nSPS) is 11.7. The summed E-state index contributed by atoms with van der Waals surface area (Å²) in [6.07, 6.45) is 0.228. The molecule has 2 nitrogen and oxygen atoms in total. The van der Waals surface area contributed by atoms with Crippen molar-refractivity contribution in [3.05, 3.63) is 46.4 Å². The summed E-state index contributed by atoms with van der Waals surface area (Å²) in [5, 5.41) is -2.95. The largest absolute Gasteiger partial charge is 0.296 e. The molecule has 0 aliphatic rings. The van der Waals surface area contributed by atoms with E-state index in [1.807, 2.05) is 0 Å². The second-order valence-corrected chi connectivity index (χ2v) is 5.38. The predicted molar refractivity (Wildman–Crippen MR) is 74.3 cm³/mol. The Balaban J connectivity index is 2.76. The van der Waals surface area contributed by atoms with Crippen LogP contribution in [0.2, 0.25) is 0 Å². The first-order chi connectivity index (χ1) is 11.2. The van der Waals surface area contributed by atoms with Gasteiger partial charge in [0.15, 0.2) is 29.1 Å². The van der Waals surface area contributed by atoms with Gasteiger partial charge in [-0.15, -0.1) is 0 Å². The van der Waals surface area contributed by atoms with Gasteiger partial charge in [-0.1, -0.05) is 6.92 Å².